The summed E-state index contributed by atoms with van der Waals surface area (Å²) in [5, 5.41) is 9.45. The van der Waals surface area contributed by atoms with Crippen molar-refractivity contribution >= 4 is 17.7 Å². The van der Waals surface area contributed by atoms with Crippen molar-refractivity contribution in [2.45, 2.75) is 38.5 Å². The first-order chi connectivity index (χ1) is 7.06. The molecule has 2 atom stereocenters. The Morgan fingerprint density at radius 2 is 2.27 bits per heavy atom. The zero-order valence-corrected chi connectivity index (χ0v) is 10.6. The molecular formula is C11H21NO2S. The highest BCUT2D eigenvalue weighted by atomic mass is 32.2. The number of β-amino-alcohol motifs (C(OH)–C–C–N with tert-alkyl or cyclic N) is 1. The van der Waals surface area contributed by atoms with Crippen molar-refractivity contribution in [1.29, 1.82) is 0 Å². The fourth-order valence-electron chi connectivity index (χ4n) is 1.85. The molecule has 0 spiro atoms. The second-order valence-electron chi connectivity index (χ2n) is 4.35. The molecule has 1 saturated heterocycles. The van der Waals surface area contributed by atoms with Crippen LogP contribution in [0.15, 0.2) is 0 Å². The van der Waals surface area contributed by atoms with Gasteiger partial charge in [0, 0.05) is 13.1 Å². The third-order valence-corrected chi connectivity index (χ3v) is 4.11. The molecule has 1 aliphatic rings. The maximum atomic E-state index is 12.1. The van der Waals surface area contributed by atoms with Crippen LogP contribution in [0, 0.1) is 5.92 Å². The molecule has 0 aromatic carbocycles. The van der Waals surface area contributed by atoms with Crippen LogP contribution in [-0.4, -0.2) is 46.1 Å². The largest absolute Gasteiger partial charge is 0.391 e. The standard InChI is InChI=1S/C11H21NO2S/c1-4-15-10(8(2)3)11(14)12-6-5-9(13)7-12/h8-10,13H,4-7H2,1-3H3/t9-,10?/m1/s1. The Balaban J connectivity index is 2.55. The van der Waals surface area contributed by atoms with Crippen molar-refractivity contribution in [2.75, 3.05) is 18.8 Å². The van der Waals surface area contributed by atoms with Crippen molar-refractivity contribution in [2.24, 2.45) is 5.92 Å². The van der Waals surface area contributed by atoms with Gasteiger partial charge in [-0.2, -0.15) is 0 Å². The Labute approximate surface area is 96.2 Å². The molecule has 88 valence electrons. The summed E-state index contributed by atoms with van der Waals surface area (Å²) in [5.41, 5.74) is 0. The van der Waals surface area contributed by atoms with Gasteiger partial charge in [0.2, 0.25) is 5.91 Å². The van der Waals surface area contributed by atoms with Crippen LogP contribution >= 0.6 is 11.8 Å². The van der Waals surface area contributed by atoms with Gasteiger partial charge in [-0.1, -0.05) is 20.8 Å². The fourth-order valence-corrected chi connectivity index (χ4v) is 2.89. The van der Waals surface area contributed by atoms with Gasteiger partial charge in [0.1, 0.15) is 0 Å². The van der Waals surface area contributed by atoms with E-state index in [2.05, 4.69) is 20.8 Å². The first-order valence-electron chi connectivity index (χ1n) is 5.64. The Morgan fingerprint density at radius 1 is 1.60 bits per heavy atom. The summed E-state index contributed by atoms with van der Waals surface area (Å²) >= 11 is 1.71. The van der Waals surface area contributed by atoms with Gasteiger partial charge in [-0.25, -0.2) is 0 Å². The quantitative estimate of drug-likeness (QED) is 0.794. The van der Waals surface area contributed by atoms with Crippen LogP contribution in [0.1, 0.15) is 27.2 Å². The van der Waals surface area contributed by atoms with Gasteiger partial charge in [-0.3, -0.25) is 4.79 Å². The van der Waals surface area contributed by atoms with Gasteiger partial charge >= 0.3 is 0 Å². The lowest BCUT2D eigenvalue weighted by Crippen LogP contribution is -2.39. The average Bonchev–Trinajstić information content (AvgIpc) is 2.59. The molecule has 0 aromatic rings. The molecule has 1 rings (SSSR count). The van der Waals surface area contributed by atoms with Crippen molar-refractivity contribution in [3.05, 3.63) is 0 Å². The van der Waals surface area contributed by atoms with Crippen molar-refractivity contribution in [1.82, 2.24) is 4.90 Å². The monoisotopic (exact) mass is 231 g/mol. The third kappa shape index (κ3) is 3.38. The van der Waals surface area contributed by atoms with Gasteiger partial charge < -0.3 is 10.0 Å². The van der Waals surface area contributed by atoms with Crippen LogP contribution in [0.4, 0.5) is 0 Å². The van der Waals surface area contributed by atoms with E-state index in [0.29, 0.717) is 19.0 Å². The number of carbonyl (C=O) groups is 1. The smallest absolute Gasteiger partial charge is 0.236 e. The Morgan fingerprint density at radius 3 is 2.67 bits per heavy atom. The molecule has 4 heteroatoms. The summed E-state index contributed by atoms with van der Waals surface area (Å²) in [6.45, 7) is 7.47. The predicted molar refractivity (Wildman–Crippen MR) is 64.0 cm³/mol. The molecule has 1 N–H and O–H groups in total. The van der Waals surface area contributed by atoms with Gasteiger partial charge in [0.15, 0.2) is 0 Å². The number of aliphatic hydroxyl groups excluding tert-OH is 1. The van der Waals surface area contributed by atoms with E-state index in [4.69, 9.17) is 0 Å². The van der Waals surface area contributed by atoms with Crippen LogP contribution in [-0.2, 0) is 4.79 Å². The molecule has 3 nitrogen and oxygen atoms in total. The van der Waals surface area contributed by atoms with Crippen LogP contribution in [0.5, 0.6) is 0 Å². The number of carbonyl (C=O) groups excluding carboxylic acids is 1. The Kier molecular flexibility index (Phi) is 4.93. The number of hydrogen-bond donors (Lipinski definition) is 1. The van der Waals surface area contributed by atoms with E-state index in [-0.39, 0.29) is 17.3 Å². The highest BCUT2D eigenvalue weighted by molar-refractivity contribution is 8.00. The number of thioether (sulfide) groups is 1. The maximum Gasteiger partial charge on any atom is 0.236 e. The highest BCUT2D eigenvalue weighted by Gasteiger charge is 2.31. The Bertz CT molecular complexity index is 221. The lowest BCUT2D eigenvalue weighted by Gasteiger charge is -2.25. The molecule has 0 saturated carbocycles. The van der Waals surface area contributed by atoms with E-state index in [9.17, 15) is 9.90 Å². The normalized spacial score (nSPS) is 23.5. The van der Waals surface area contributed by atoms with Crippen molar-refractivity contribution in [3.63, 3.8) is 0 Å². The highest BCUT2D eigenvalue weighted by Crippen LogP contribution is 2.23. The molecule has 1 unspecified atom stereocenters. The summed E-state index contributed by atoms with van der Waals surface area (Å²) in [6, 6.07) is 0. The minimum atomic E-state index is -0.312. The second-order valence-corrected chi connectivity index (χ2v) is 5.77. The molecule has 0 bridgehead atoms. The van der Waals surface area contributed by atoms with E-state index < -0.39 is 0 Å². The van der Waals surface area contributed by atoms with Crippen LogP contribution in [0.3, 0.4) is 0 Å². The predicted octanol–water partition coefficient (Wildman–Crippen LogP) is 1.36. The van der Waals surface area contributed by atoms with E-state index >= 15 is 0 Å². The van der Waals surface area contributed by atoms with Crippen LogP contribution in [0.2, 0.25) is 0 Å². The molecule has 1 amide bonds. The molecule has 1 fully saturated rings. The second kappa shape index (κ2) is 5.75. The minimum absolute atomic E-state index is 0.0558. The summed E-state index contributed by atoms with van der Waals surface area (Å²) in [4.78, 5) is 13.9. The van der Waals surface area contributed by atoms with E-state index in [1.807, 2.05) is 0 Å². The van der Waals surface area contributed by atoms with Gasteiger partial charge in [0.25, 0.3) is 0 Å². The molecule has 0 radical (unpaired) electrons. The number of likely N-dealkylation sites (tertiary alicyclic amines) is 1. The van der Waals surface area contributed by atoms with Gasteiger partial charge in [-0.15, -0.1) is 11.8 Å². The number of amides is 1. The topological polar surface area (TPSA) is 40.5 Å². The molecule has 0 aliphatic carbocycles. The van der Waals surface area contributed by atoms with Gasteiger partial charge in [-0.05, 0) is 18.1 Å². The molecule has 0 aromatic heterocycles. The summed E-state index contributed by atoms with van der Waals surface area (Å²) in [6.07, 6.45) is 0.418. The third-order valence-electron chi connectivity index (χ3n) is 2.67. The lowest BCUT2D eigenvalue weighted by atomic mass is 10.1. The summed E-state index contributed by atoms with van der Waals surface area (Å²) < 4.78 is 0. The van der Waals surface area contributed by atoms with E-state index in [1.165, 1.54) is 0 Å². The number of hydrogen-bond acceptors (Lipinski definition) is 3. The summed E-state index contributed by atoms with van der Waals surface area (Å²) in [7, 11) is 0. The lowest BCUT2D eigenvalue weighted by molar-refractivity contribution is -0.130. The molecule has 1 heterocycles. The SMILES string of the molecule is CCSC(C(=O)N1CC[C@@H](O)C1)C(C)C. The Hall–Kier alpha value is -0.220. The maximum absolute atomic E-state index is 12.1. The zero-order valence-electron chi connectivity index (χ0n) is 9.77. The van der Waals surface area contributed by atoms with Crippen molar-refractivity contribution in [3.8, 4) is 0 Å². The first-order valence-corrected chi connectivity index (χ1v) is 6.69. The fraction of sp³-hybridized carbons (Fsp3) is 0.909. The van der Waals surface area contributed by atoms with E-state index in [0.717, 1.165) is 12.2 Å². The number of rotatable bonds is 4. The minimum Gasteiger partial charge on any atom is -0.391 e. The number of aliphatic hydroxyl groups is 1. The van der Waals surface area contributed by atoms with Gasteiger partial charge in [0.05, 0.1) is 11.4 Å². The van der Waals surface area contributed by atoms with Crippen LogP contribution < -0.4 is 0 Å². The zero-order chi connectivity index (χ0) is 11.4. The molecule has 15 heavy (non-hydrogen) atoms. The van der Waals surface area contributed by atoms with Crippen molar-refractivity contribution < 1.29 is 9.90 Å². The average molecular weight is 231 g/mol. The number of nitrogens with zero attached hydrogens (tertiary/aromatic N) is 1. The van der Waals surface area contributed by atoms with Crippen LogP contribution in [0.25, 0.3) is 0 Å². The summed E-state index contributed by atoms with van der Waals surface area (Å²) in [5.74, 6) is 1.53. The van der Waals surface area contributed by atoms with E-state index in [1.54, 1.807) is 16.7 Å². The molecular weight excluding hydrogens is 210 g/mol. The molecule has 1 aliphatic heterocycles. The first kappa shape index (κ1) is 12.8.